The number of hydrogen-bond acceptors (Lipinski definition) is 4. The molecule has 5 nitrogen and oxygen atoms in total. The third-order valence-electron chi connectivity index (χ3n) is 1.72. The first-order valence-electron chi connectivity index (χ1n) is 4.02. The standard InChI is InChI=1S/C8H8ClNO4S/c9-7-1-3-8(4-2-7)15(13,14)6-5-10(11)12/h1-4H,5-6H2. The Balaban J connectivity index is 2.87. The average molecular weight is 250 g/mol. The van der Waals surface area contributed by atoms with Crippen molar-refractivity contribution in [3.8, 4) is 0 Å². The Morgan fingerprint density at radius 1 is 1.27 bits per heavy atom. The van der Waals surface area contributed by atoms with Gasteiger partial charge >= 0.3 is 0 Å². The molecule has 0 radical (unpaired) electrons. The molecule has 0 aliphatic rings. The molecular formula is C8H8ClNO4S. The molecule has 0 heterocycles. The Morgan fingerprint density at radius 3 is 2.27 bits per heavy atom. The lowest BCUT2D eigenvalue weighted by atomic mass is 10.4. The van der Waals surface area contributed by atoms with Crippen molar-refractivity contribution >= 4 is 21.4 Å². The predicted molar refractivity (Wildman–Crippen MR) is 55.4 cm³/mol. The van der Waals surface area contributed by atoms with E-state index in [1.54, 1.807) is 0 Å². The van der Waals surface area contributed by atoms with Crippen LogP contribution in [0.25, 0.3) is 0 Å². The maximum atomic E-state index is 11.5. The van der Waals surface area contributed by atoms with Gasteiger partial charge < -0.3 is 0 Å². The minimum Gasteiger partial charge on any atom is -0.265 e. The fourth-order valence-corrected chi connectivity index (χ4v) is 2.26. The molecule has 7 heteroatoms. The van der Waals surface area contributed by atoms with Crippen molar-refractivity contribution < 1.29 is 13.3 Å². The van der Waals surface area contributed by atoms with Crippen LogP contribution in [-0.2, 0) is 9.84 Å². The highest BCUT2D eigenvalue weighted by atomic mass is 35.5. The Hall–Kier alpha value is -1.14. The van der Waals surface area contributed by atoms with E-state index in [9.17, 15) is 18.5 Å². The first kappa shape index (κ1) is 11.9. The van der Waals surface area contributed by atoms with Gasteiger partial charge in [-0.05, 0) is 24.3 Å². The van der Waals surface area contributed by atoms with Crippen LogP contribution in [0, 0.1) is 10.1 Å². The molecule has 1 aromatic rings. The summed E-state index contributed by atoms with van der Waals surface area (Å²) in [4.78, 5) is 9.44. The van der Waals surface area contributed by atoms with E-state index in [1.165, 1.54) is 24.3 Å². The molecule has 0 spiro atoms. The first-order valence-corrected chi connectivity index (χ1v) is 6.05. The molecule has 1 aromatic carbocycles. The van der Waals surface area contributed by atoms with Gasteiger partial charge in [0.2, 0.25) is 6.54 Å². The number of halogens is 1. The summed E-state index contributed by atoms with van der Waals surface area (Å²) in [7, 11) is -3.57. The number of benzene rings is 1. The second-order valence-corrected chi connectivity index (χ2v) is 5.37. The summed E-state index contributed by atoms with van der Waals surface area (Å²) in [6.45, 7) is -0.592. The maximum absolute atomic E-state index is 11.5. The van der Waals surface area contributed by atoms with Gasteiger partial charge in [0, 0.05) is 9.95 Å². The maximum Gasteiger partial charge on any atom is 0.218 e. The second kappa shape index (κ2) is 4.59. The lowest BCUT2D eigenvalue weighted by molar-refractivity contribution is -0.474. The van der Waals surface area contributed by atoms with Crippen LogP contribution in [0.1, 0.15) is 0 Å². The molecule has 0 saturated heterocycles. The fourth-order valence-electron chi connectivity index (χ4n) is 0.954. The van der Waals surface area contributed by atoms with Crippen molar-refractivity contribution in [2.45, 2.75) is 4.90 Å². The molecule has 0 bridgehead atoms. The van der Waals surface area contributed by atoms with E-state index in [2.05, 4.69) is 0 Å². The molecule has 15 heavy (non-hydrogen) atoms. The fraction of sp³-hybridized carbons (Fsp3) is 0.250. The number of rotatable bonds is 4. The van der Waals surface area contributed by atoms with E-state index in [0.717, 1.165) is 0 Å². The summed E-state index contributed by atoms with van der Waals surface area (Å²) in [6.07, 6.45) is 0. The normalized spacial score (nSPS) is 11.3. The SMILES string of the molecule is O=[N+]([O-])CCS(=O)(=O)c1ccc(Cl)cc1. The van der Waals surface area contributed by atoms with E-state index in [0.29, 0.717) is 5.02 Å². The highest BCUT2D eigenvalue weighted by Crippen LogP contribution is 2.15. The lowest BCUT2D eigenvalue weighted by Crippen LogP contribution is -2.15. The van der Waals surface area contributed by atoms with E-state index < -0.39 is 27.1 Å². The molecule has 0 saturated carbocycles. The highest BCUT2D eigenvalue weighted by molar-refractivity contribution is 7.91. The molecular weight excluding hydrogens is 242 g/mol. The van der Waals surface area contributed by atoms with Crippen molar-refractivity contribution in [2.75, 3.05) is 12.3 Å². The van der Waals surface area contributed by atoms with E-state index >= 15 is 0 Å². The van der Waals surface area contributed by atoms with Gasteiger partial charge in [-0.2, -0.15) is 0 Å². The molecule has 0 amide bonds. The topological polar surface area (TPSA) is 77.3 Å². The van der Waals surface area contributed by atoms with E-state index in [1.807, 2.05) is 0 Å². The van der Waals surface area contributed by atoms with Crippen molar-refractivity contribution in [3.05, 3.63) is 39.4 Å². The Morgan fingerprint density at radius 2 is 1.80 bits per heavy atom. The molecule has 82 valence electrons. The number of hydrogen-bond donors (Lipinski definition) is 0. The van der Waals surface area contributed by atoms with Gasteiger partial charge in [0.05, 0.1) is 4.90 Å². The van der Waals surface area contributed by atoms with E-state index in [-0.39, 0.29) is 4.90 Å². The minimum absolute atomic E-state index is 0.0498. The summed E-state index contributed by atoms with van der Waals surface area (Å²) in [5, 5.41) is 10.5. The van der Waals surface area contributed by atoms with Gasteiger partial charge in [-0.15, -0.1) is 0 Å². The van der Waals surface area contributed by atoms with Gasteiger partial charge in [0.15, 0.2) is 9.84 Å². The summed E-state index contributed by atoms with van der Waals surface area (Å²) in [6, 6.07) is 5.52. The predicted octanol–water partition coefficient (Wildman–Crippen LogP) is 1.39. The summed E-state index contributed by atoms with van der Waals surface area (Å²) in [5.74, 6) is -0.498. The molecule has 0 aliphatic heterocycles. The molecule has 0 aliphatic carbocycles. The Labute approximate surface area is 91.7 Å². The third kappa shape index (κ3) is 3.49. The van der Waals surface area contributed by atoms with Crippen LogP contribution in [0.3, 0.4) is 0 Å². The zero-order valence-corrected chi connectivity index (χ0v) is 9.16. The average Bonchev–Trinajstić information content (AvgIpc) is 2.16. The summed E-state index contributed by atoms with van der Waals surface area (Å²) in [5.41, 5.74) is 0. The largest absolute Gasteiger partial charge is 0.265 e. The van der Waals surface area contributed by atoms with Gasteiger partial charge in [0.1, 0.15) is 5.75 Å². The van der Waals surface area contributed by atoms with E-state index in [4.69, 9.17) is 11.6 Å². The Bertz CT molecular complexity index is 454. The van der Waals surface area contributed by atoms with Gasteiger partial charge in [0.25, 0.3) is 0 Å². The molecule has 0 aromatic heterocycles. The van der Waals surface area contributed by atoms with Crippen LogP contribution in [0.4, 0.5) is 0 Å². The van der Waals surface area contributed by atoms with Crippen LogP contribution in [0.2, 0.25) is 5.02 Å². The second-order valence-electron chi connectivity index (χ2n) is 2.83. The molecule has 0 unspecified atom stereocenters. The monoisotopic (exact) mass is 249 g/mol. The zero-order valence-electron chi connectivity index (χ0n) is 7.59. The molecule has 1 rings (SSSR count). The molecule has 0 atom stereocenters. The lowest BCUT2D eigenvalue weighted by Gasteiger charge is -2.01. The third-order valence-corrected chi connectivity index (χ3v) is 3.68. The highest BCUT2D eigenvalue weighted by Gasteiger charge is 2.17. The number of nitro groups is 1. The van der Waals surface area contributed by atoms with Crippen LogP contribution in [0.15, 0.2) is 29.2 Å². The van der Waals surface area contributed by atoms with Crippen LogP contribution in [-0.4, -0.2) is 25.6 Å². The molecule has 0 fully saturated rings. The van der Waals surface area contributed by atoms with Crippen molar-refractivity contribution in [3.63, 3.8) is 0 Å². The zero-order chi connectivity index (χ0) is 11.5. The first-order chi connectivity index (χ1) is 6.92. The van der Waals surface area contributed by atoms with Crippen molar-refractivity contribution in [1.82, 2.24) is 0 Å². The van der Waals surface area contributed by atoms with Crippen LogP contribution >= 0.6 is 11.6 Å². The number of nitrogens with zero attached hydrogens (tertiary/aromatic N) is 1. The summed E-state index contributed by atoms with van der Waals surface area (Å²) < 4.78 is 23.0. The van der Waals surface area contributed by atoms with Crippen molar-refractivity contribution in [1.29, 1.82) is 0 Å². The quantitative estimate of drug-likeness (QED) is 0.597. The number of sulfone groups is 1. The van der Waals surface area contributed by atoms with Gasteiger partial charge in [-0.25, -0.2) is 8.42 Å². The Kier molecular flexibility index (Phi) is 3.65. The van der Waals surface area contributed by atoms with Crippen LogP contribution in [0.5, 0.6) is 0 Å². The van der Waals surface area contributed by atoms with Gasteiger partial charge in [-0.3, -0.25) is 10.1 Å². The minimum atomic E-state index is -3.57. The smallest absolute Gasteiger partial charge is 0.218 e. The summed E-state index contributed by atoms with van der Waals surface area (Å²) >= 11 is 5.59. The van der Waals surface area contributed by atoms with Crippen molar-refractivity contribution in [2.24, 2.45) is 0 Å². The molecule has 0 N–H and O–H groups in total. The van der Waals surface area contributed by atoms with Crippen LogP contribution < -0.4 is 0 Å². The van der Waals surface area contributed by atoms with Gasteiger partial charge in [-0.1, -0.05) is 11.6 Å².